The highest BCUT2D eigenvalue weighted by Gasteiger charge is 2.17. The standard InChI is InChI=1S/C27H28O4/c1-3-30-26(27(28)29)19-21-11-15-24(16-12-21)31-18-17-25(22-7-5-4-6-8-22)23-13-9-20(2)10-14-23/h4-17,26H,3,18-19H2,1-2H3,(H,28,29)/b25-17-. The van der Waals surface area contributed by atoms with E-state index in [-0.39, 0.29) is 0 Å². The summed E-state index contributed by atoms with van der Waals surface area (Å²) in [4.78, 5) is 11.3. The zero-order chi connectivity index (χ0) is 22.1. The van der Waals surface area contributed by atoms with Gasteiger partial charge < -0.3 is 14.6 Å². The van der Waals surface area contributed by atoms with Crippen LogP contribution in [-0.4, -0.2) is 30.4 Å². The number of rotatable bonds is 10. The van der Waals surface area contributed by atoms with Crippen LogP contribution in [-0.2, 0) is 16.0 Å². The second kappa shape index (κ2) is 11.1. The predicted molar refractivity (Wildman–Crippen MR) is 123 cm³/mol. The highest BCUT2D eigenvalue weighted by Crippen LogP contribution is 2.24. The fourth-order valence-electron chi connectivity index (χ4n) is 3.33. The molecule has 0 aromatic heterocycles. The van der Waals surface area contributed by atoms with E-state index >= 15 is 0 Å². The lowest BCUT2D eigenvalue weighted by Gasteiger charge is -2.13. The maximum absolute atomic E-state index is 11.3. The molecular formula is C27H28O4. The Labute approximate surface area is 183 Å². The number of aliphatic carboxylic acids is 1. The van der Waals surface area contributed by atoms with Crippen LogP contribution in [0.3, 0.4) is 0 Å². The van der Waals surface area contributed by atoms with E-state index in [1.165, 1.54) is 5.56 Å². The van der Waals surface area contributed by atoms with Gasteiger partial charge in [-0.1, -0.05) is 72.3 Å². The first-order valence-corrected chi connectivity index (χ1v) is 10.5. The Kier molecular flexibility index (Phi) is 8.02. The summed E-state index contributed by atoms with van der Waals surface area (Å²) in [6.45, 7) is 4.67. The van der Waals surface area contributed by atoms with Gasteiger partial charge in [0.2, 0.25) is 0 Å². The van der Waals surface area contributed by atoms with E-state index < -0.39 is 12.1 Å². The van der Waals surface area contributed by atoms with Crippen molar-refractivity contribution in [2.24, 2.45) is 0 Å². The Bertz CT molecular complexity index is 990. The van der Waals surface area contributed by atoms with Gasteiger partial charge in [-0.2, -0.15) is 0 Å². The minimum absolute atomic E-state index is 0.328. The monoisotopic (exact) mass is 416 g/mol. The molecule has 1 unspecified atom stereocenters. The van der Waals surface area contributed by atoms with E-state index in [4.69, 9.17) is 9.47 Å². The Morgan fingerprint density at radius 2 is 1.58 bits per heavy atom. The van der Waals surface area contributed by atoms with E-state index in [0.717, 1.165) is 28.0 Å². The Balaban J connectivity index is 1.69. The van der Waals surface area contributed by atoms with Crippen molar-refractivity contribution < 1.29 is 19.4 Å². The Hall–Kier alpha value is -3.37. The molecule has 4 nitrogen and oxygen atoms in total. The van der Waals surface area contributed by atoms with Crippen LogP contribution in [0.15, 0.2) is 84.9 Å². The van der Waals surface area contributed by atoms with Crippen LogP contribution < -0.4 is 4.74 Å². The van der Waals surface area contributed by atoms with Gasteiger partial charge in [-0.15, -0.1) is 0 Å². The first kappa shape index (κ1) is 22.3. The van der Waals surface area contributed by atoms with Crippen LogP contribution >= 0.6 is 0 Å². The Morgan fingerprint density at radius 1 is 0.935 bits per heavy atom. The summed E-state index contributed by atoms with van der Waals surface area (Å²) in [5.74, 6) is -0.212. The molecule has 1 atom stereocenters. The maximum Gasteiger partial charge on any atom is 0.333 e. The van der Waals surface area contributed by atoms with Crippen LogP contribution in [0.2, 0.25) is 0 Å². The minimum atomic E-state index is -0.947. The van der Waals surface area contributed by atoms with Crippen LogP contribution in [0.4, 0.5) is 0 Å². The van der Waals surface area contributed by atoms with Gasteiger partial charge in [-0.05, 0) is 54.3 Å². The van der Waals surface area contributed by atoms with Crippen molar-refractivity contribution in [1.82, 2.24) is 0 Å². The van der Waals surface area contributed by atoms with Gasteiger partial charge in [0.15, 0.2) is 6.10 Å². The van der Waals surface area contributed by atoms with Crippen molar-refractivity contribution in [3.8, 4) is 5.75 Å². The third kappa shape index (κ3) is 6.56. The Morgan fingerprint density at radius 3 is 2.19 bits per heavy atom. The second-order valence-corrected chi connectivity index (χ2v) is 7.29. The fraction of sp³-hybridized carbons (Fsp3) is 0.222. The van der Waals surface area contributed by atoms with E-state index in [1.807, 2.05) is 42.5 Å². The molecule has 3 rings (SSSR count). The topological polar surface area (TPSA) is 55.8 Å². The lowest BCUT2D eigenvalue weighted by molar-refractivity contribution is -0.149. The second-order valence-electron chi connectivity index (χ2n) is 7.29. The van der Waals surface area contributed by atoms with Crippen molar-refractivity contribution in [2.45, 2.75) is 26.4 Å². The van der Waals surface area contributed by atoms with Crippen molar-refractivity contribution >= 4 is 11.5 Å². The summed E-state index contributed by atoms with van der Waals surface area (Å²) < 4.78 is 11.2. The molecule has 0 saturated heterocycles. The molecule has 3 aromatic rings. The molecule has 1 N–H and O–H groups in total. The molecule has 0 spiro atoms. The molecule has 0 aliphatic heterocycles. The van der Waals surface area contributed by atoms with E-state index in [1.54, 1.807) is 6.92 Å². The fourth-order valence-corrected chi connectivity index (χ4v) is 3.33. The summed E-state index contributed by atoms with van der Waals surface area (Å²) in [6.07, 6.45) is 1.58. The molecule has 0 heterocycles. The third-order valence-electron chi connectivity index (χ3n) is 4.97. The highest BCUT2D eigenvalue weighted by molar-refractivity contribution is 5.79. The van der Waals surface area contributed by atoms with Gasteiger partial charge >= 0.3 is 5.97 Å². The molecule has 0 fully saturated rings. The molecular weight excluding hydrogens is 388 g/mol. The lowest BCUT2D eigenvalue weighted by Crippen LogP contribution is -2.26. The van der Waals surface area contributed by atoms with Gasteiger partial charge in [-0.25, -0.2) is 4.79 Å². The van der Waals surface area contributed by atoms with Crippen LogP contribution in [0.1, 0.15) is 29.2 Å². The molecule has 0 amide bonds. The first-order valence-electron chi connectivity index (χ1n) is 10.5. The molecule has 0 aliphatic rings. The van der Waals surface area contributed by atoms with Gasteiger partial charge in [-0.3, -0.25) is 0 Å². The minimum Gasteiger partial charge on any atom is -0.490 e. The van der Waals surface area contributed by atoms with Crippen molar-refractivity contribution in [1.29, 1.82) is 0 Å². The summed E-state index contributed by atoms with van der Waals surface area (Å²) in [5.41, 5.74) is 5.53. The van der Waals surface area contributed by atoms with E-state index in [0.29, 0.717) is 19.6 Å². The molecule has 0 saturated carbocycles. The summed E-state index contributed by atoms with van der Waals surface area (Å²) >= 11 is 0. The number of hydrogen-bond acceptors (Lipinski definition) is 3. The van der Waals surface area contributed by atoms with E-state index in [2.05, 4.69) is 49.4 Å². The maximum atomic E-state index is 11.3. The number of aryl methyl sites for hydroxylation is 1. The molecule has 31 heavy (non-hydrogen) atoms. The van der Waals surface area contributed by atoms with Gasteiger partial charge in [0.05, 0.1) is 0 Å². The average Bonchev–Trinajstić information content (AvgIpc) is 2.79. The van der Waals surface area contributed by atoms with Crippen molar-refractivity contribution in [3.05, 3.63) is 107 Å². The highest BCUT2D eigenvalue weighted by atomic mass is 16.5. The van der Waals surface area contributed by atoms with Crippen LogP contribution in [0.25, 0.3) is 5.57 Å². The van der Waals surface area contributed by atoms with Crippen molar-refractivity contribution in [2.75, 3.05) is 13.2 Å². The first-order chi connectivity index (χ1) is 15.1. The van der Waals surface area contributed by atoms with Crippen molar-refractivity contribution in [3.63, 3.8) is 0 Å². The van der Waals surface area contributed by atoms with E-state index in [9.17, 15) is 9.90 Å². The summed E-state index contributed by atoms with van der Waals surface area (Å²) in [6, 6.07) is 26.2. The largest absolute Gasteiger partial charge is 0.490 e. The summed E-state index contributed by atoms with van der Waals surface area (Å²) in [7, 11) is 0. The SMILES string of the molecule is CCOC(Cc1ccc(OC/C=C(/c2ccccc2)c2ccc(C)cc2)cc1)C(=O)O. The average molecular weight is 417 g/mol. The smallest absolute Gasteiger partial charge is 0.333 e. The normalized spacial score (nSPS) is 12.4. The zero-order valence-corrected chi connectivity index (χ0v) is 18.0. The summed E-state index contributed by atoms with van der Waals surface area (Å²) in [5, 5.41) is 9.24. The predicted octanol–water partition coefficient (Wildman–Crippen LogP) is 5.54. The quantitative estimate of drug-likeness (QED) is 0.472. The van der Waals surface area contributed by atoms with Gasteiger partial charge in [0.1, 0.15) is 12.4 Å². The number of ether oxygens (including phenoxy) is 2. The molecule has 160 valence electrons. The molecule has 4 heteroatoms. The number of benzene rings is 3. The number of carboxylic acid groups (broad SMARTS) is 1. The lowest BCUT2D eigenvalue weighted by atomic mass is 9.97. The third-order valence-corrected chi connectivity index (χ3v) is 4.97. The van der Waals surface area contributed by atoms with Crippen LogP contribution in [0, 0.1) is 6.92 Å². The molecule has 0 aliphatic carbocycles. The number of hydrogen-bond donors (Lipinski definition) is 1. The van der Waals surface area contributed by atoms with Crippen LogP contribution in [0.5, 0.6) is 5.75 Å². The number of carboxylic acids is 1. The molecule has 0 radical (unpaired) electrons. The molecule has 0 bridgehead atoms. The zero-order valence-electron chi connectivity index (χ0n) is 18.0. The number of carbonyl (C=O) groups is 1. The van der Waals surface area contributed by atoms with Gasteiger partial charge in [0, 0.05) is 13.0 Å². The molecule has 3 aromatic carbocycles. The van der Waals surface area contributed by atoms with Gasteiger partial charge in [0.25, 0.3) is 0 Å².